The monoisotopic (exact) mass is 327 g/mol. The molecule has 3 rings (SSSR count). The highest BCUT2D eigenvalue weighted by atomic mass is 16.2. The maximum atomic E-state index is 12.0. The van der Waals surface area contributed by atoms with Gasteiger partial charge in [-0.1, -0.05) is 30.3 Å². The van der Waals surface area contributed by atoms with Gasteiger partial charge in [-0.05, 0) is 50.6 Å². The van der Waals surface area contributed by atoms with Gasteiger partial charge < -0.3 is 4.98 Å². The molecule has 0 aliphatic carbocycles. The Hall–Kier alpha value is -2.14. The fourth-order valence-electron chi connectivity index (χ4n) is 3.59. The molecule has 1 aromatic carbocycles. The standard InChI is InChI=1S/C19H25N3O2/c1-14-17(18(23)21-19(24)20-14)13-22-11-5-8-16(12-22)10-9-15-6-3-2-4-7-15/h2-4,6-7,16H,5,8-13H2,1H3,(H2,20,21,23,24)/t16-/m1/s1. The summed E-state index contributed by atoms with van der Waals surface area (Å²) in [6.45, 7) is 4.44. The number of aryl methyl sites for hydroxylation is 2. The van der Waals surface area contributed by atoms with Crippen LogP contribution >= 0.6 is 0 Å². The van der Waals surface area contributed by atoms with Gasteiger partial charge in [-0.15, -0.1) is 0 Å². The SMILES string of the molecule is Cc1[nH]c(=O)[nH]c(=O)c1CN1CCC[C@H](CCc2ccccc2)C1. The first-order chi connectivity index (χ1) is 11.6. The van der Waals surface area contributed by atoms with Crippen LogP contribution in [0.3, 0.4) is 0 Å². The minimum absolute atomic E-state index is 0.261. The van der Waals surface area contributed by atoms with Gasteiger partial charge in [0.2, 0.25) is 0 Å². The second-order valence-corrected chi connectivity index (χ2v) is 6.78. The molecule has 2 heterocycles. The zero-order valence-corrected chi connectivity index (χ0v) is 14.2. The van der Waals surface area contributed by atoms with Gasteiger partial charge >= 0.3 is 5.69 Å². The molecule has 2 aromatic rings. The summed E-state index contributed by atoms with van der Waals surface area (Å²) in [5.41, 5.74) is 2.05. The molecule has 5 nitrogen and oxygen atoms in total. The van der Waals surface area contributed by atoms with Gasteiger partial charge in [0.1, 0.15) is 0 Å². The van der Waals surface area contributed by atoms with E-state index < -0.39 is 5.69 Å². The summed E-state index contributed by atoms with van der Waals surface area (Å²) < 4.78 is 0. The summed E-state index contributed by atoms with van der Waals surface area (Å²) in [5, 5.41) is 0. The lowest BCUT2D eigenvalue weighted by Gasteiger charge is -2.32. The summed E-state index contributed by atoms with van der Waals surface area (Å²) in [6.07, 6.45) is 4.71. The minimum atomic E-state index is -0.430. The Bertz CT molecular complexity index is 779. The van der Waals surface area contributed by atoms with Crippen molar-refractivity contribution in [3.63, 3.8) is 0 Å². The van der Waals surface area contributed by atoms with E-state index in [0.717, 1.165) is 19.5 Å². The summed E-state index contributed by atoms with van der Waals surface area (Å²) >= 11 is 0. The van der Waals surface area contributed by atoms with E-state index in [2.05, 4.69) is 45.2 Å². The number of piperidine rings is 1. The Morgan fingerprint density at radius 1 is 1.17 bits per heavy atom. The molecule has 0 amide bonds. The van der Waals surface area contributed by atoms with Crippen LogP contribution in [0, 0.1) is 12.8 Å². The van der Waals surface area contributed by atoms with Gasteiger partial charge in [-0.3, -0.25) is 14.7 Å². The molecule has 1 aromatic heterocycles. The summed E-state index contributed by atoms with van der Waals surface area (Å²) in [6, 6.07) is 10.6. The minimum Gasteiger partial charge on any atom is -0.311 e. The Kier molecular flexibility index (Phi) is 5.30. The maximum Gasteiger partial charge on any atom is 0.325 e. The first kappa shape index (κ1) is 16.7. The lowest BCUT2D eigenvalue weighted by atomic mass is 9.91. The highest BCUT2D eigenvalue weighted by Gasteiger charge is 2.21. The number of hydrogen-bond donors (Lipinski definition) is 2. The second kappa shape index (κ2) is 7.62. The Balaban J connectivity index is 1.60. The molecule has 5 heteroatoms. The first-order valence-corrected chi connectivity index (χ1v) is 8.70. The average molecular weight is 327 g/mol. The van der Waals surface area contributed by atoms with Crippen LogP contribution in [-0.4, -0.2) is 28.0 Å². The molecule has 0 saturated carbocycles. The number of aromatic nitrogens is 2. The lowest BCUT2D eigenvalue weighted by molar-refractivity contribution is 0.161. The summed E-state index contributed by atoms with van der Waals surface area (Å²) in [7, 11) is 0. The molecular weight excluding hydrogens is 302 g/mol. The van der Waals surface area contributed by atoms with Crippen molar-refractivity contribution in [3.05, 3.63) is 68.0 Å². The summed E-state index contributed by atoms with van der Waals surface area (Å²) in [5.74, 6) is 0.668. The van der Waals surface area contributed by atoms with Gasteiger partial charge in [0.15, 0.2) is 0 Å². The molecular formula is C19H25N3O2. The number of benzene rings is 1. The largest absolute Gasteiger partial charge is 0.325 e. The molecule has 0 radical (unpaired) electrons. The van der Waals surface area contributed by atoms with Crippen LogP contribution in [0.5, 0.6) is 0 Å². The predicted molar refractivity (Wildman–Crippen MR) is 95.2 cm³/mol. The predicted octanol–water partition coefficient (Wildman–Crippen LogP) is 2.22. The van der Waals surface area contributed by atoms with Crippen molar-refractivity contribution in [2.75, 3.05) is 13.1 Å². The van der Waals surface area contributed by atoms with E-state index in [1.54, 1.807) is 6.92 Å². The molecule has 1 atom stereocenters. The molecule has 128 valence electrons. The number of H-pyrrole nitrogens is 2. The van der Waals surface area contributed by atoms with Gasteiger partial charge in [-0.2, -0.15) is 0 Å². The molecule has 0 bridgehead atoms. The van der Waals surface area contributed by atoms with Crippen molar-refractivity contribution in [1.82, 2.24) is 14.9 Å². The number of hydrogen-bond acceptors (Lipinski definition) is 3. The average Bonchev–Trinajstić information content (AvgIpc) is 2.58. The molecule has 24 heavy (non-hydrogen) atoms. The van der Waals surface area contributed by atoms with E-state index in [4.69, 9.17) is 0 Å². The quantitative estimate of drug-likeness (QED) is 0.885. The highest BCUT2D eigenvalue weighted by Crippen LogP contribution is 2.22. The van der Waals surface area contributed by atoms with Crippen molar-refractivity contribution >= 4 is 0 Å². The zero-order chi connectivity index (χ0) is 16.9. The van der Waals surface area contributed by atoms with E-state index in [-0.39, 0.29) is 5.56 Å². The van der Waals surface area contributed by atoms with E-state index in [0.29, 0.717) is 23.7 Å². The first-order valence-electron chi connectivity index (χ1n) is 8.70. The number of nitrogens with zero attached hydrogens (tertiary/aromatic N) is 1. The third-order valence-corrected chi connectivity index (χ3v) is 4.92. The van der Waals surface area contributed by atoms with Crippen LogP contribution in [0.2, 0.25) is 0 Å². The van der Waals surface area contributed by atoms with E-state index >= 15 is 0 Å². The molecule has 2 N–H and O–H groups in total. The topological polar surface area (TPSA) is 69.0 Å². The number of likely N-dealkylation sites (tertiary alicyclic amines) is 1. The van der Waals surface area contributed by atoms with E-state index in [9.17, 15) is 9.59 Å². The highest BCUT2D eigenvalue weighted by molar-refractivity contribution is 5.15. The second-order valence-electron chi connectivity index (χ2n) is 6.78. The van der Waals surface area contributed by atoms with Crippen LogP contribution in [0.25, 0.3) is 0 Å². The fraction of sp³-hybridized carbons (Fsp3) is 0.474. The van der Waals surface area contributed by atoms with Crippen LogP contribution < -0.4 is 11.2 Å². The molecule has 0 spiro atoms. The van der Waals surface area contributed by atoms with Crippen molar-refractivity contribution < 1.29 is 0 Å². The van der Waals surface area contributed by atoms with Crippen molar-refractivity contribution in [3.8, 4) is 0 Å². The lowest BCUT2D eigenvalue weighted by Crippen LogP contribution is -2.38. The Labute approximate surface area is 141 Å². The van der Waals surface area contributed by atoms with Crippen LogP contribution in [-0.2, 0) is 13.0 Å². The molecule has 0 unspecified atom stereocenters. The van der Waals surface area contributed by atoms with Gasteiger partial charge in [-0.25, -0.2) is 4.79 Å². The summed E-state index contributed by atoms with van der Waals surface area (Å²) in [4.78, 5) is 30.7. The number of nitrogens with one attached hydrogen (secondary N) is 2. The van der Waals surface area contributed by atoms with Crippen LogP contribution in [0.15, 0.2) is 39.9 Å². The van der Waals surface area contributed by atoms with Crippen LogP contribution in [0.1, 0.15) is 36.1 Å². The van der Waals surface area contributed by atoms with Gasteiger partial charge in [0.05, 0.1) is 5.56 Å². The fourth-order valence-corrected chi connectivity index (χ4v) is 3.59. The van der Waals surface area contributed by atoms with E-state index in [1.165, 1.54) is 24.8 Å². The van der Waals surface area contributed by atoms with E-state index in [1.807, 2.05) is 0 Å². The van der Waals surface area contributed by atoms with Crippen molar-refractivity contribution in [1.29, 1.82) is 0 Å². The Morgan fingerprint density at radius 2 is 1.96 bits per heavy atom. The molecule has 1 saturated heterocycles. The molecule has 1 aliphatic heterocycles. The molecule has 1 fully saturated rings. The van der Waals surface area contributed by atoms with Crippen LogP contribution in [0.4, 0.5) is 0 Å². The maximum absolute atomic E-state index is 12.0. The smallest absolute Gasteiger partial charge is 0.311 e. The van der Waals surface area contributed by atoms with Crippen molar-refractivity contribution in [2.45, 2.75) is 39.2 Å². The number of rotatable bonds is 5. The molecule has 1 aliphatic rings. The number of aromatic amines is 2. The van der Waals surface area contributed by atoms with Gasteiger partial charge in [0, 0.05) is 18.8 Å². The third-order valence-electron chi connectivity index (χ3n) is 4.92. The normalized spacial score (nSPS) is 18.6. The Morgan fingerprint density at radius 3 is 2.71 bits per heavy atom. The zero-order valence-electron chi connectivity index (χ0n) is 14.2. The van der Waals surface area contributed by atoms with Crippen molar-refractivity contribution in [2.24, 2.45) is 5.92 Å². The third kappa shape index (κ3) is 4.23. The van der Waals surface area contributed by atoms with Gasteiger partial charge in [0.25, 0.3) is 5.56 Å².